The van der Waals surface area contributed by atoms with Gasteiger partial charge in [0.15, 0.2) is 0 Å². The van der Waals surface area contributed by atoms with Crippen molar-refractivity contribution in [3.63, 3.8) is 0 Å². The Morgan fingerprint density at radius 3 is 2.60 bits per heavy atom. The second-order valence-corrected chi connectivity index (χ2v) is 5.28. The maximum absolute atomic E-state index is 2.33. The SMILES string of the molecule is Cn1ccc2c1=CCC(C(C)(C)C)=CC=2. The summed E-state index contributed by atoms with van der Waals surface area (Å²) in [4.78, 5) is 0. The number of nitrogens with zero attached hydrogens (tertiary/aromatic N) is 1. The third-order valence-corrected chi connectivity index (χ3v) is 3.10. The summed E-state index contributed by atoms with van der Waals surface area (Å²) in [5.74, 6) is 0. The smallest absolute Gasteiger partial charge is 0.0440 e. The van der Waals surface area contributed by atoms with Crippen molar-refractivity contribution < 1.29 is 0 Å². The van der Waals surface area contributed by atoms with Gasteiger partial charge in [0.1, 0.15) is 0 Å². The Bertz CT molecular complexity index is 507. The van der Waals surface area contributed by atoms with Crippen molar-refractivity contribution in [3.05, 3.63) is 34.5 Å². The third kappa shape index (κ3) is 1.92. The van der Waals surface area contributed by atoms with Gasteiger partial charge in [-0.2, -0.15) is 0 Å². The van der Waals surface area contributed by atoms with Gasteiger partial charge in [-0.25, -0.2) is 0 Å². The van der Waals surface area contributed by atoms with E-state index in [4.69, 9.17) is 0 Å². The Kier molecular flexibility index (Phi) is 2.34. The predicted octanol–water partition coefficient (Wildman–Crippen LogP) is 1.96. The molecule has 1 aliphatic carbocycles. The topological polar surface area (TPSA) is 4.93 Å². The highest BCUT2D eigenvalue weighted by Gasteiger charge is 2.15. The van der Waals surface area contributed by atoms with Crippen LogP contribution in [0.5, 0.6) is 0 Å². The highest BCUT2D eigenvalue weighted by Crippen LogP contribution is 2.28. The zero-order valence-corrected chi connectivity index (χ0v) is 10.0. The summed E-state index contributed by atoms with van der Waals surface area (Å²) in [6.45, 7) is 6.82. The fourth-order valence-corrected chi connectivity index (χ4v) is 1.99. The lowest BCUT2D eigenvalue weighted by Gasteiger charge is -2.21. The average molecular weight is 201 g/mol. The summed E-state index contributed by atoms with van der Waals surface area (Å²) >= 11 is 0. The van der Waals surface area contributed by atoms with Gasteiger partial charge in [0, 0.05) is 18.6 Å². The van der Waals surface area contributed by atoms with Gasteiger partial charge >= 0.3 is 0 Å². The standard InChI is InChI=1S/C14H19N/c1-14(2,3)12-6-5-11-9-10-15(4)13(11)8-7-12/h5-6,8-10H,7H2,1-4H3. The Hall–Kier alpha value is -1.24. The summed E-state index contributed by atoms with van der Waals surface area (Å²) < 4.78 is 2.19. The minimum Gasteiger partial charge on any atom is -0.351 e. The number of rotatable bonds is 0. The molecule has 80 valence electrons. The number of aromatic nitrogens is 1. The van der Waals surface area contributed by atoms with Crippen LogP contribution in [-0.2, 0) is 7.05 Å². The quantitative estimate of drug-likeness (QED) is 0.605. The lowest BCUT2D eigenvalue weighted by molar-refractivity contribution is 0.497. The molecule has 0 saturated carbocycles. The van der Waals surface area contributed by atoms with E-state index in [9.17, 15) is 0 Å². The van der Waals surface area contributed by atoms with Crippen LogP contribution in [0.2, 0.25) is 0 Å². The Morgan fingerprint density at radius 1 is 1.20 bits per heavy atom. The van der Waals surface area contributed by atoms with Crippen LogP contribution in [0.4, 0.5) is 0 Å². The van der Waals surface area contributed by atoms with Crippen LogP contribution in [-0.4, -0.2) is 4.57 Å². The van der Waals surface area contributed by atoms with E-state index >= 15 is 0 Å². The summed E-state index contributed by atoms with van der Waals surface area (Å²) in [5.41, 5.74) is 1.77. The van der Waals surface area contributed by atoms with Gasteiger partial charge in [-0.1, -0.05) is 44.6 Å². The van der Waals surface area contributed by atoms with Crippen molar-refractivity contribution in [1.82, 2.24) is 4.57 Å². The Labute approximate surface area is 91.4 Å². The minimum atomic E-state index is 0.273. The molecular formula is C14H19N. The average Bonchev–Trinajstić information content (AvgIpc) is 2.36. The van der Waals surface area contributed by atoms with Crippen LogP contribution >= 0.6 is 0 Å². The molecule has 0 spiro atoms. The maximum atomic E-state index is 2.33. The molecule has 15 heavy (non-hydrogen) atoms. The zero-order chi connectivity index (χ0) is 11.1. The highest BCUT2D eigenvalue weighted by atomic mass is 14.9. The van der Waals surface area contributed by atoms with E-state index in [1.807, 2.05) is 0 Å². The van der Waals surface area contributed by atoms with Crippen LogP contribution < -0.4 is 10.6 Å². The molecule has 0 saturated heterocycles. The van der Waals surface area contributed by atoms with Crippen molar-refractivity contribution in [2.45, 2.75) is 27.2 Å². The molecule has 0 amide bonds. The first-order valence-corrected chi connectivity index (χ1v) is 5.51. The molecule has 0 unspecified atom stereocenters. The molecular weight excluding hydrogens is 182 g/mol. The summed E-state index contributed by atoms with van der Waals surface area (Å²) in [5, 5.41) is 2.67. The van der Waals surface area contributed by atoms with Gasteiger partial charge in [0.2, 0.25) is 0 Å². The predicted molar refractivity (Wildman–Crippen MR) is 65.7 cm³/mol. The molecule has 1 aromatic rings. The number of allylic oxidation sites excluding steroid dienone is 2. The molecule has 0 aromatic carbocycles. The van der Waals surface area contributed by atoms with E-state index in [1.54, 1.807) is 0 Å². The maximum Gasteiger partial charge on any atom is 0.0440 e. The molecule has 1 aliphatic rings. The van der Waals surface area contributed by atoms with Crippen LogP contribution in [0, 0.1) is 5.41 Å². The summed E-state index contributed by atoms with van der Waals surface area (Å²) in [7, 11) is 2.10. The van der Waals surface area contributed by atoms with E-state index in [1.165, 1.54) is 16.1 Å². The van der Waals surface area contributed by atoms with Crippen LogP contribution in [0.25, 0.3) is 12.2 Å². The molecule has 0 atom stereocenters. The van der Waals surface area contributed by atoms with Crippen molar-refractivity contribution in [3.8, 4) is 0 Å². The first-order chi connectivity index (χ1) is 6.98. The normalized spacial score (nSPS) is 15.9. The van der Waals surface area contributed by atoms with E-state index in [-0.39, 0.29) is 5.41 Å². The Morgan fingerprint density at radius 2 is 1.93 bits per heavy atom. The first kappa shape index (κ1) is 10.3. The van der Waals surface area contributed by atoms with E-state index < -0.39 is 0 Å². The molecule has 0 N–H and O–H groups in total. The molecule has 1 aromatic heterocycles. The number of fused-ring (bicyclic) bond motifs is 1. The van der Waals surface area contributed by atoms with E-state index in [0.717, 1.165) is 6.42 Å². The number of hydrogen-bond acceptors (Lipinski definition) is 0. The third-order valence-electron chi connectivity index (χ3n) is 3.10. The molecule has 0 bridgehead atoms. The fraction of sp³-hybridized carbons (Fsp3) is 0.429. The number of aryl methyl sites for hydroxylation is 1. The van der Waals surface area contributed by atoms with Gasteiger partial charge in [0.25, 0.3) is 0 Å². The lowest BCUT2D eigenvalue weighted by atomic mass is 9.84. The molecule has 0 fully saturated rings. The zero-order valence-electron chi connectivity index (χ0n) is 10.0. The second kappa shape index (κ2) is 3.41. The molecule has 2 rings (SSSR count). The van der Waals surface area contributed by atoms with Gasteiger partial charge in [0.05, 0.1) is 0 Å². The van der Waals surface area contributed by atoms with Crippen LogP contribution in [0.15, 0.2) is 23.9 Å². The van der Waals surface area contributed by atoms with Gasteiger partial charge < -0.3 is 4.57 Å². The van der Waals surface area contributed by atoms with Crippen molar-refractivity contribution in [1.29, 1.82) is 0 Å². The van der Waals surface area contributed by atoms with E-state index in [2.05, 4.69) is 62.9 Å². The molecule has 0 radical (unpaired) electrons. The van der Waals surface area contributed by atoms with Crippen LogP contribution in [0.1, 0.15) is 27.2 Å². The molecule has 1 heteroatoms. The highest BCUT2D eigenvalue weighted by molar-refractivity contribution is 5.47. The largest absolute Gasteiger partial charge is 0.351 e. The summed E-state index contributed by atoms with van der Waals surface area (Å²) in [6, 6.07) is 2.17. The van der Waals surface area contributed by atoms with Gasteiger partial charge in [-0.15, -0.1) is 0 Å². The monoisotopic (exact) mass is 201 g/mol. The van der Waals surface area contributed by atoms with Crippen molar-refractivity contribution >= 4 is 12.2 Å². The van der Waals surface area contributed by atoms with Gasteiger partial charge in [-0.05, 0) is 23.1 Å². The minimum absolute atomic E-state index is 0.273. The fourth-order valence-electron chi connectivity index (χ4n) is 1.99. The second-order valence-electron chi connectivity index (χ2n) is 5.28. The lowest BCUT2D eigenvalue weighted by Crippen LogP contribution is -2.26. The van der Waals surface area contributed by atoms with Gasteiger partial charge in [-0.3, -0.25) is 0 Å². The molecule has 1 nitrogen and oxygen atoms in total. The summed E-state index contributed by atoms with van der Waals surface area (Å²) in [6.07, 6.45) is 10.0. The first-order valence-electron chi connectivity index (χ1n) is 5.51. The van der Waals surface area contributed by atoms with Crippen molar-refractivity contribution in [2.24, 2.45) is 12.5 Å². The number of hydrogen-bond donors (Lipinski definition) is 0. The Balaban J connectivity index is 2.52. The van der Waals surface area contributed by atoms with Crippen molar-refractivity contribution in [2.75, 3.05) is 0 Å². The molecule has 1 heterocycles. The molecule has 0 aliphatic heterocycles. The van der Waals surface area contributed by atoms with Crippen LogP contribution in [0.3, 0.4) is 0 Å². The van der Waals surface area contributed by atoms with E-state index in [0.29, 0.717) is 0 Å².